The van der Waals surface area contributed by atoms with Crippen LogP contribution in [0.25, 0.3) is 0 Å². The molecule has 2 aromatic rings. The van der Waals surface area contributed by atoms with Gasteiger partial charge in [-0.05, 0) is 49.1 Å². The van der Waals surface area contributed by atoms with E-state index < -0.39 is 5.97 Å². The fourth-order valence-electron chi connectivity index (χ4n) is 3.73. The van der Waals surface area contributed by atoms with Gasteiger partial charge in [0.1, 0.15) is 0 Å². The molecule has 1 saturated heterocycles. The van der Waals surface area contributed by atoms with E-state index in [0.29, 0.717) is 31.7 Å². The standard InChI is InChI=1S/C25H31N3O4/c1-4-20-8-10-21(11-9-20)25(31)32-17-23(30)28-14-12-27(13-15-28)16-22(29)26-24-18(2)6-5-7-19(24)3/h5-11H,4,12-17H2,1-3H3,(H,26,29). The SMILES string of the molecule is CCc1ccc(C(=O)OCC(=O)N2CCN(CC(=O)Nc3c(C)cccc3C)CC2)cc1. The Hall–Kier alpha value is -3.19. The minimum atomic E-state index is -0.497. The highest BCUT2D eigenvalue weighted by atomic mass is 16.5. The van der Waals surface area contributed by atoms with E-state index in [4.69, 9.17) is 4.74 Å². The van der Waals surface area contributed by atoms with Gasteiger partial charge in [-0.25, -0.2) is 4.79 Å². The molecule has 3 rings (SSSR count). The molecular formula is C25H31N3O4. The number of ether oxygens (including phenoxy) is 1. The summed E-state index contributed by atoms with van der Waals surface area (Å²) in [7, 11) is 0. The summed E-state index contributed by atoms with van der Waals surface area (Å²) in [5.74, 6) is -0.781. The molecule has 0 saturated carbocycles. The van der Waals surface area contributed by atoms with Crippen molar-refractivity contribution in [1.29, 1.82) is 0 Å². The Morgan fingerprint density at radius 2 is 1.56 bits per heavy atom. The Bertz CT molecular complexity index is 943. The van der Waals surface area contributed by atoms with Crippen LogP contribution in [0.4, 0.5) is 5.69 Å². The number of rotatable bonds is 7. The first-order chi connectivity index (χ1) is 15.4. The summed E-state index contributed by atoms with van der Waals surface area (Å²) in [4.78, 5) is 40.7. The summed E-state index contributed by atoms with van der Waals surface area (Å²) >= 11 is 0. The Morgan fingerprint density at radius 3 is 2.16 bits per heavy atom. The fraction of sp³-hybridized carbons (Fsp3) is 0.400. The van der Waals surface area contributed by atoms with Crippen molar-refractivity contribution in [2.75, 3.05) is 44.6 Å². The summed E-state index contributed by atoms with van der Waals surface area (Å²) in [6.07, 6.45) is 0.896. The lowest BCUT2D eigenvalue weighted by Crippen LogP contribution is -2.51. The molecule has 1 N–H and O–H groups in total. The lowest BCUT2D eigenvalue weighted by atomic mass is 10.1. The van der Waals surface area contributed by atoms with E-state index in [0.717, 1.165) is 28.8 Å². The Kier molecular flexibility index (Phi) is 8.00. The van der Waals surface area contributed by atoms with Gasteiger partial charge in [-0.15, -0.1) is 0 Å². The molecule has 0 atom stereocenters. The van der Waals surface area contributed by atoms with Crippen LogP contribution in [0.2, 0.25) is 0 Å². The van der Waals surface area contributed by atoms with Gasteiger partial charge in [-0.1, -0.05) is 37.3 Å². The van der Waals surface area contributed by atoms with Crippen molar-refractivity contribution in [2.45, 2.75) is 27.2 Å². The van der Waals surface area contributed by atoms with E-state index >= 15 is 0 Å². The maximum absolute atomic E-state index is 12.5. The molecule has 0 radical (unpaired) electrons. The molecule has 0 aromatic heterocycles. The van der Waals surface area contributed by atoms with Gasteiger partial charge in [-0.3, -0.25) is 14.5 Å². The second-order valence-electron chi connectivity index (χ2n) is 8.10. The number of benzene rings is 2. The molecule has 170 valence electrons. The number of amides is 2. The third kappa shape index (κ3) is 6.17. The highest BCUT2D eigenvalue weighted by Gasteiger charge is 2.23. The predicted octanol–water partition coefficient (Wildman–Crippen LogP) is 2.81. The molecule has 1 aliphatic heterocycles. The molecule has 1 heterocycles. The number of hydrogen-bond donors (Lipinski definition) is 1. The van der Waals surface area contributed by atoms with Crippen LogP contribution in [0.1, 0.15) is 34.0 Å². The van der Waals surface area contributed by atoms with Gasteiger partial charge in [-0.2, -0.15) is 0 Å². The van der Waals surface area contributed by atoms with Crippen LogP contribution >= 0.6 is 0 Å². The predicted molar refractivity (Wildman–Crippen MR) is 124 cm³/mol. The van der Waals surface area contributed by atoms with Crippen molar-refractivity contribution in [2.24, 2.45) is 0 Å². The van der Waals surface area contributed by atoms with E-state index in [-0.39, 0.29) is 25.0 Å². The van der Waals surface area contributed by atoms with Crippen LogP contribution in [-0.2, 0) is 20.7 Å². The van der Waals surface area contributed by atoms with Gasteiger partial charge >= 0.3 is 5.97 Å². The van der Waals surface area contributed by atoms with Gasteiger partial charge in [0.05, 0.1) is 12.1 Å². The highest BCUT2D eigenvalue weighted by molar-refractivity contribution is 5.94. The van der Waals surface area contributed by atoms with Crippen molar-refractivity contribution in [3.63, 3.8) is 0 Å². The number of aryl methyl sites for hydroxylation is 3. The first kappa shape index (κ1) is 23.5. The lowest BCUT2D eigenvalue weighted by molar-refractivity contribution is -0.136. The van der Waals surface area contributed by atoms with Crippen molar-refractivity contribution in [1.82, 2.24) is 9.80 Å². The number of carbonyl (C=O) groups is 3. The van der Waals surface area contributed by atoms with Crippen molar-refractivity contribution in [3.05, 3.63) is 64.7 Å². The van der Waals surface area contributed by atoms with Gasteiger partial charge in [0.2, 0.25) is 5.91 Å². The molecule has 2 amide bonds. The Balaban J connectivity index is 1.41. The summed E-state index contributed by atoms with van der Waals surface area (Å²) in [5, 5.41) is 3.00. The average molecular weight is 438 g/mol. The second-order valence-corrected chi connectivity index (χ2v) is 8.10. The summed E-state index contributed by atoms with van der Waals surface area (Å²) < 4.78 is 5.19. The van der Waals surface area contributed by atoms with E-state index in [1.54, 1.807) is 17.0 Å². The lowest BCUT2D eigenvalue weighted by Gasteiger charge is -2.34. The van der Waals surface area contributed by atoms with Crippen LogP contribution in [0.3, 0.4) is 0 Å². The maximum Gasteiger partial charge on any atom is 0.338 e. The number of carbonyl (C=O) groups excluding carboxylic acids is 3. The molecule has 32 heavy (non-hydrogen) atoms. The van der Waals surface area contributed by atoms with E-state index in [9.17, 15) is 14.4 Å². The monoisotopic (exact) mass is 437 g/mol. The normalized spacial score (nSPS) is 14.2. The van der Waals surface area contributed by atoms with Crippen LogP contribution in [0.15, 0.2) is 42.5 Å². The van der Waals surface area contributed by atoms with Crippen LogP contribution < -0.4 is 5.32 Å². The first-order valence-electron chi connectivity index (χ1n) is 11.0. The number of esters is 1. The van der Waals surface area contributed by atoms with Crippen LogP contribution in [-0.4, -0.2) is 66.9 Å². The number of nitrogens with one attached hydrogen (secondary N) is 1. The highest BCUT2D eigenvalue weighted by Crippen LogP contribution is 2.19. The largest absolute Gasteiger partial charge is 0.452 e. The summed E-state index contributed by atoms with van der Waals surface area (Å²) in [6, 6.07) is 13.1. The molecule has 1 fully saturated rings. The Morgan fingerprint density at radius 1 is 0.938 bits per heavy atom. The van der Waals surface area contributed by atoms with E-state index in [1.165, 1.54) is 0 Å². The quantitative estimate of drug-likeness (QED) is 0.674. The molecule has 7 nitrogen and oxygen atoms in total. The average Bonchev–Trinajstić information content (AvgIpc) is 2.80. The number of para-hydroxylation sites is 1. The maximum atomic E-state index is 12.5. The summed E-state index contributed by atoms with van der Waals surface area (Å²) in [6.45, 7) is 8.18. The zero-order chi connectivity index (χ0) is 23.1. The van der Waals surface area contributed by atoms with Gasteiger partial charge in [0.25, 0.3) is 5.91 Å². The minimum Gasteiger partial charge on any atom is -0.452 e. The molecular weight excluding hydrogens is 406 g/mol. The van der Waals surface area contributed by atoms with Crippen molar-refractivity contribution >= 4 is 23.5 Å². The zero-order valence-electron chi connectivity index (χ0n) is 19.0. The van der Waals surface area contributed by atoms with Crippen LogP contribution in [0, 0.1) is 13.8 Å². The molecule has 0 unspecified atom stereocenters. The molecule has 0 bridgehead atoms. The van der Waals surface area contributed by atoms with Gasteiger partial charge < -0.3 is 15.0 Å². The molecule has 0 spiro atoms. The number of anilines is 1. The number of piperazine rings is 1. The third-order valence-electron chi connectivity index (χ3n) is 5.76. The fourth-order valence-corrected chi connectivity index (χ4v) is 3.73. The molecule has 1 aliphatic rings. The number of hydrogen-bond acceptors (Lipinski definition) is 5. The van der Waals surface area contributed by atoms with Crippen molar-refractivity contribution < 1.29 is 19.1 Å². The molecule has 2 aromatic carbocycles. The smallest absolute Gasteiger partial charge is 0.338 e. The summed E-state index contributed by atoms with van der Waals surface area (Å²) in [5.41, 5.74) is 4.50. The second kappa shape index (κ2) is 10.9. The van der Waals surface area contributed by atoms with Gasteiger partial charge in [0, 0.05) is 31.9 Å². The third-order valence-corrected chi connectivity index (χ3v) is 5.76. The van der Waals surface area contributed by atoms with E-state index in [1.807, 2.05) is 56.0 Å². The van der Waals surface area contributed by atoms with Crippen molar-refractivity contribution in [3.8, 4) is 0 Å². The Labute approximate surface area is 189 Å². The first-order valence-corrected chi connectivity index (χ1v) is 11.0. The van der Waals surface area contributed by atoms with E-state index in [2.05, 4.69) is 5.32 Å². The molecule has 0 aliphatic carbocycles. The zero-order valence-corrected chi connectivity index (χ0v) is 19.0. The number of nitrogens with zero attached hydrogens (tertiary/aromatic N) is 2. The minimum absolute atomic E-state index is 0.0646. The topological polar surface area (TPSA) is 79.0 Å². The molecule has 7 heteroatoms. The van der Waals surface area contributed by atoms with Crippen LogP contribution in [0.5, 0.6) is 0 Å². The van der Waals surface area contributed by atoms with Gasteiger partial charge in [0.15, 0.2) is 6.61 Å².